The minimum absolute atomic E-state index is 0.0411. The van der Waals surface area contributed by atoms with Crippen molar-refractivity contribution in [2.24, 2.45) is 0 Å². The fourth-order valence-corrected chi connectivity index (χ4v) is 1.39. The summed E-state index contributed by atoms with van der Waals surface area (Å²) in [5.74, 6) is 0.0969. The smallest absolute Gasteiger partial charge is 0.131 e. The molecule has 1 N–H and O–H groups in total. The molecule has 0 rings (SSSR count). The third-order valence-corrected chi connectivity index (χ3v) is 1.79. The molecule has 0 aliphatic carbocycles. The maximum absolute atomic E-state index is 10.8. The summed E-state index contributed by atoms with van der Waals surface area (Å²) in [6, 6.07) is 0.0411. The zero-order valence-electron chi connectivity index (χ0n) is 8.59. The topological polar surface area (TPSA) is 40.5 Å². The molecule has 0 aliphatic rings. The summed E-state index contributed by atoms with van der Waals surface area (Å²) in [4.78, 5) is 10.8. The predicted molar refractivity (Wildman–Crippen MR) is 48.1 cm³/mol. The molecule has 3 nitrogen and oxygen atoms in total. The highest BCUT2D eigenvalue weighted by atomic mass is 16.5. The lowest BCUT2D eigenvalue weighted by Gasteiger charge is -2.35. The molecule has 0 aliphatic heterocycles. The van der Waals surface area contributed by atoms with Crippen molar-refractivity contribution in [1.29, 1.82) is 0 Å². The monoisotopic (exact) mass is 173 g/mol. The summed E-state index contributed by atoms with van der Waals surface area (Å²) in [6.45, 7) is 9.03. The Hall–Kier alpha value is -0.410. The first-order valence-electron chi connectivity index (χ1n) is 4.25. The standard InChI is InChI=1S/C9H19NO2/c1-7(2)10(12)9(4,5)6-8(3)11/h7,12H,6H2,1-5H3. The van der Waals surface area contributed by atoms with Crippen LogP contribution in [-0.4, -0.2) is 27.6 Å². The minimum atomic E-state index is -0.458. The maximum atomic E-state index is 10.8. The molecule has 0 radical (unpaired) electrons. The number of hydroxylamine groups is 2. The Labute approximate surface area is 74.3 Å². The van der Waals surface area contributed by atoms with Gasteiger partial charge >= 0.3 is 0 Å². The van der Waals surface area contributed by atoms with E-state index in [4.69, 9.17) is 0 Å². The quantitative estimate of drug-likeness (QED) is 0.659. The first-order valence-corrected chi connectivity index (χ1v) is 4.25. The molecule has 0 heterocycles. The minimum Gasteiger partial charge on any atom is -0.313 e. The van der Waals surface area contributed by atoms with Gasteiger partial charge in [-0.25, -0.2) is 0 Å². The van der Waals surface area contributed by atoms with Gasteiger partial charge in [-0.1, -0.05) is 0 Å². The van der Waals surface area contributed by atoms with Gasteiger partial charge in [0.05, 0.1) is 0 Å². The first-order chi connectivity index (χ1) is 5.27. The molecule has 0 atom stereocenters. The second kappa shape index (κ2) is 4.01. The lowest BCUT2D eigenvalue weighted by Crippen LogP contribution is -2.46. The molecule has 0 spiro atoms. The number of carbonyl (C=O) groups excluding carboxylic acids is 1. The second-order valence-corrected chi connectivity index (χ2v) is 4.13. The van der Waals surface area contributed by atoms with E-state index in [0.717, 1.165) is 0 Å². The van der Waals surface area contributed by atoms with E-state index < -0.39 is 5.54 Å². The van der Waals surface area contributed by atoms with Crippen LogP contribution in [-0.2, 0) is 4.79 Å². The van der Waals surface area contributed by atoms with Crippen LogP contribution >= 0.6 is 0 Å². The summed E-state index contributed by atoms with van der Waals surface area (Å²) in [7, 11) is 0. The van der Waals surface area contributed by atoms with Crippen LogP contribution < -0.4 is 0 Å². The van der Waals surface area contributed by atoms with Crippen molar-refractivity contribution in [3.8, 4) is 0 Å². The van der Waals surface area contributed by atoms with Crippen LogP contribution in [0.4, 0.5) is 0 Å². The van der Waals surface area contributed by atoms with Gasteiger partial charge in [-0.15, -0.1) is 0 Å². The van der Waals surface area contributed by atoms with Crippen LogP contribution in [0.3, 0.4) is 0 Å². The zero-order valence-corrected chi connectivity index (χ0v) is 8.59. The molecular weight excluding hydrogens is 154 g/mol. The van der Waals surface area contributed by atoms with Crippen LogP contribution in [0.2, 0.25) is 0 Å². The Morgan fingerprint density at radius 1 is 1.50 bits per heavy atom. The van der Waals surface area contributed by atoms with Gasteiger partial charge in [0.25, 0.3) is 0 Å². The normalized spacial score (nSPS) is 12.7. The first kappa shape index (κ1) is 11.6. The highest BCUT2D eigenvalue weighted by molar-refractivity contribution is 5.76. The molecule has 0 amide bonds. The molecular formula is C9H19NO2. The van der Waals surface area contributed by atoms with Gasteiger partial charge in [-0.05, 0) is 34.6 Å². The van der Waals surface area contributed by atoms with E-state index in [1.165, 1.54) is 12.0 Å². The molecule has 0 fully saturated rings. The molecule has 0 saturated heterocycles. The number of nitrogens with zero attached hydrogens (tertiary/aromatic N) is 1. The number of carbonyl (C=O) groups is 1. The third kappa shape index (κ3) is 3.32. The van der Waals surface area contributed by atoms with Gasteiger partial charge in [0.15, 0.2) is 0 Å². The number of rotatable bonds is 4. The molecule has 0 bridgehead atoms. The predicted octanol–water partition coefficient (Wildman–Crippen LogP) is 1.84. The van der Waals surface area contributed by atoms with Gasteiger partial charge in [-0.2, -0.15) is 5.06 Å². The van der Waals surface area contributed by atoms with Crippen LogP contribution in [0.25, 0.3) is 0 Å². The van der Waals surface area contributed by atoms with Crippen LogP contribution in [0, 0.1) is 0 Å². The average Bonchev–Trinajstić information content (AvgIpc) is 1.82. The van der Waals surface area contributed by atoms with Gasteiger partial charge in [-0.3, -0.25) is 4.79 Å². The van der Waals surface area contributed by atoms with Crippen molar-refractivity contribution in [3.63, 3.8) is 0 Å². The Morgan fingerprint density at radius 3 is 2.17 bits per heavy atom. The number of ketones is 1. The molecule has 0 aromatic rings. The fourth-order valence-electron chi connectivity index (χ4n) is 1.39. The van der Waals surface area contributed by atoms with Crippen molar-refractivity contribution < 1.29 is 10.0 Å². The molecule has 0 aromatic carbocycles. The lowest BCUT2D eigenvalue weighted by molar-refractivity contribution is -0.187. The van der Waals surface area contributed by atoms with E-state index >= 15 is 0 Å². The van der Waals surface area contributed by atoms with E-state index in [9.17, 15) is 10.0 Å². The summed E-state index contributed by atoms with van der Waals surface area (Å²) < 4.78 is 0. The summed E-state index contributed by atoms with van der Waals surface area (Å²) in [5, 5.41) is 10.8. The maximum Gasteiger partial charge on any atom is 0.131 e. The summed E-state index contributed by atoms with van der Waals surface area (Å²) >= 11 is 0. The fraction of sp³-hybridized carbons (Fsp3) is 0.889. The zero-order chi connectivity index (χ0) is 9.94. The average molecular weight is 173 g/mol. The highest BCUT2D eigenvalue weighted by Crippen LogP contribution is 2.19. The Balaban J connectivity index is 4.28. The number of hydrogen-bond acceptors (Lipinski definition) is 3. The summed E-state index contributed by atoms with van der Waals surface area (Å²) in [5.41, 5.74) is -0.458. The van der Waals surface area contributed by atoms with Crippen LogP contribution in [0.15, 0.2) is 0 Å². The van der Waals surface area contributed by atoms with Gasteiger partial charge < -0.3 is 5.21 Å². The third-order valence-electron chi connectivity index (χ3n) is 1.79. The molecule has 3 heteroatoms. The molecule has 0 unspecified atom stereocenters. The Kier molecular flexibility index (Phi) is 3.87. The lowest BCUT2D eigenvalue weighted by atomic mass is 9.97. The van der Waals surface area contributed by atoms with Gasteiger partial charge in [0.2, 0.25) is 0 Å². The molecule has 0 saturated carbocycles. The molecule has 12 heavy (non-hydrogen) atoms. The molecule has 0 aromatic heterocycles. The number of hydrogen-bond donors (Lipinski definition) is 1. The van der Waals surface area contributed by atoms with E-state index in [-0.39, 0.29) is 11.8 Å². The molecule has 72 valence electrons. The van der Waals surface area contributed by atoms with Crippen LogP contribution in [0.1, 0.15) is 41.0 Å². The summed E-state index contributed by atoms with van der Waals surface area (Å²) in [6.07, 6.45) is 0.377. The van der Waals surface area contributed by atoms with E-state index in [0.29, 0.717) is 6.42 Å². The van der Waals surface area contributed by atoms with Crippen molar-refractivity contribution in [3.05, 3.63) is 0 Å². The Morgan fingerprint density at radius 2 is 1.92 bits per heavy atom. The number of Topliss-reactive ketones (excluding diaryl/α,β-unsaturated/α-hetero) is 1. The van der Waals surface area contributed by atoms with Crippen molar-refractivity contribution in [2.45, 2.75) is 52.6 Å². The Bertz CT molecular complexity index is 164. The van der Waals surface area contributed by atoms with Crippen LogP contribution in [0.5, 0.6) is 0 Å². The van der Waals surface area contributed by atoms with Crippen molar-refractivity contribution in [2.75, 3.05) is 0 Å². The SMILES string of the molecule is CC(=O)CC(C)(C)N(O)C(C)C. The van der Waals surface area contributed by atoms with Crippen molar-refractivity contribution >= 4 is 5.78 Å². The van der Waals surface area contributed by atoms with E-state index in [1.54, 1.807) is 0 Å². The van der Waals surface area contributed by atoms with Gasteiger partial charge in [0.1, 0.15) is 5.78 Å². The van der Waals surface area contributed by atoms with Crippen molar-refractivity contribution in [1.82, 2.24) is 5.06 Å². The van der Waals surface area contributed by atoms with E-state index in [2.05, 4.69) is 0 Å². The van der Waals surface area contributed by atoms with E-state index in [1.807, 2.05) is 27.7 Å². The second-order valence-electron chi connectivity index (χ2n) is 4.13. The highest BCUT2D eigenvalue weighted by Gasteiger charge is 2.28. The van der Waals surface area contributed by atoms with Gasteiger partial charge in [0, 0.05) is 18.0 Å². The largest absolute Gasteiger partial charge is 0.313 e.